The lowest BCUT2D eigenvalue weighted by molar-refractivity contribution is -0.131. The summed E-state index contributed by atoms with van der Waals surface area (Å²) in [6, 6.07) is 0.545. The topological polar surface area (TPSA) is 42.0 Å². The van der Waals surface area contributed by atoms with Crippen LogP contribution in [0, 0.1) is 5.92 Å². The van der Waals surface area contributed by atoms with Crippen LogP contribution >= 0.6 is 0 Å². The molecule has 5 heteroatoms. The minimum Gasteiger partial charge on any atom is -0.378 e. The molecule has 0 unspecified atom stereocenters. The Hall–Kier alpha value is -0.650. The highest BCUT2D eigenvalue weighted by Gasteiger charge is 2.10. The summed E-state index contributed by atoms with van der Waals surface area (Å²) in [5.41, 5.74) is 0. The van der Waals surface area contributed by atoms with Gasteiger partial charge in [-0.05, 0) is 26.8 Å². The zero-order valence-corrected chi connectivity index (χ0v) is 14.7. The van der Waals surface area contributed by atoms with E-state index in [4.69, 9.17) is 9.47 Å². The molecule has 0 heterocycles. The van der Waals surface area contributed by atoms with E-state index in [0.717, 1.165) is 13.2 Å². The molecule has 5 nitrogen and oxygen atoms in total. The quantitative estimate of drug-likeness (QED) is 0.516. The molecule has 0 spiro atoms. The van der Waals surface area contributed by atoms with Gasteiger partial charge >= 0.3 is 0 Å². The molecule has 0 aromatic heterocycles. The van der Waals surface area contributed by atoms with Crippen molar-refractivity contribution in [1.29, 1.82) is 0 Å². The highest BCUT2D eigenvalue weighted by molar-refractivity contribution is 5.75. The summed E-state index contributed by atoms with van der Waals surface area (Å²) in [4.78, 5) is 15.7. The number of carbonyl (C=O) groups is 1. The minimum absolute atomic E-state index is 0.182. The van der Waals surface area contributed by atoms with E-state index in [1.165, 1.54) is 0 Å². The van der Waals surface area contributed by atoms with Crippen molar-refractivity contribution in [2.24, 2.45) is 5.92 Å². The van der Waals surface area contributed by atoms with Gasteiger partial charge in [0.25, 0.3) is 0 Å². The van der Waals surface area contributed by atoms with E-state index < -0.39 is 0 Å². The molecule has 0 saturated heterocycles. The summed E-state index contributed by atoms with van der Waals surface area (Å²) in [6.45, 7) is 12.5. The standard InChI is InChI=1S/C16H34N2O3/c1-14(2)13-16(19)18(6)8-10-21-12-11-20-9-7-17(5)15(3)4/h14-15H,7-13H2,1-6H3. The Morgan fingerprint density at radius 1 is 0.905 bits per heavy atom. The Morgan fingerprint density at radius 3 is 1.90 bits per heavy atom. The normalized spacial score (nSPS) is 11.7. The van der Waals surface area contributed by atoms with Gasteiger partial charge in [-0.25, -0.2) is 0 Å². The first kappa shape index (κ1) is 20.3. The Morgan fingerprint density at radius 2 is 1.43 bits per heavy atom. The average molecular weight is 302 g/mol. The van der Waals surface area contributed by atoms with Crippen molar-refractivity contribution in [2.75, 3.05) is 53.6 Å². The van der Waals surface area contributed by atoms with Gasteiger partial charge in [0.05, 0.1) is 26.4 Å². The van der Waals surface area contributed by atoms with E-state index >= 15 is 0 Å². The smallest absolute Gasteiger partial charge is 0.222 e. The van der Waals surface area contributed by atoms with Gasteiger partial charge in [0.15, 0.2) is 0 Å². The van der Waals surface area contributed by atoms with Crippen molar-refractivity contribution in [1.82, 2.24) is 9.80 Å². The third-order valence-corrected chi connectivity index (χ3v) is 3.42. The molecule has 0 atom stereocenters. The van der Waals surface area contributed by atoms with Crippen LogP contribution in [0.4, 0.5) is 0 Å². The zero-order valence-electron chi connectivity index (χ0n) is 14.7. The molecule has 0 saturated carbocycles. The van der Waals surface area contributed by atoms with Crippen LogP contribution in [-0.2, 0) is 14.3 Å². The van der Waals surface area contributed by atoms with Crippen molar-refractivity contribution < 1.29 is 14.3 Å². The van der Waals surface area contributed by atoms with E-state index in [1.807, 2.05) is 7.05 Å². The number of hydrogen-bond donors (Lipinski definition) is 0. The van der Waals surface area contributed by atoms with Gasteiger partial charge in [0.2, 0.25) is 5.91 Å². The predicted molar refractivity (Wildman–Crippen MR) is 86.5 cm³/mol. The first-order chi connectivity index (χ1) is 9.84. The number of likely N-dealkylation sites (N-methyl/N-ethyl adjacent to an activating group) is 2. The van der Waals surface area contributed by atoms with Gasteiger partial charge in [0, 0.05) is 32.6 Å². The number of hydrogen-bond acceptors (Lipinski definition) is 4. The number of ether oxygens (including phenoxy) is 2. The van der Waals surface area contributed by atoms with Crippen molar-refractivity contribution in [2.45, 2.75) is 40.2 Å². The molecule has 0 N–H and O–H groups in total. The lowest BCUT2D eigenvalue weighted by Crippen LogP contribution is -2.31. The van der Waals surface area contributed by atoms with E-state index in [9.17, 15) is 4.79 Å². The van der Waals surface area contributed by atoms with Gasteiger partial charge in [-0.2, -0.15) is 0 Å². The molecule has 0 fully saturated rings. The maximum absolute atomic E-state index is 11.7. The summed E-state index contributed by atoms with van der Waals surface area (Å²) < 4.78 is 11.0. The van der Waals surface area contributed by atoms with Crippen molar-refractivity contribution in [3.8, 4) is 0 Å². The molecule has 0 aromatic carbocycles. The average Bonchev–Trinajstić information content (AvgIpc) is 2.40. The van der Waals surface area contributed by atoms with Gasteiger partial charge in [0.1, 0.15) is 0 Å². The van der Waals surface area contributed by atoms with E-state index in [-0.39, 0.29) is 5.91 Å². The van der Waals surface area contributed by atoms with Crippen LogP contribution in [0.1, 0.15) is 34.1 Å². The van der Waals surface area contributed by atoms with Crippen LogP contribution in [0.5, 0.6) is 0 Å². The molecule has 21 heavy (non-hydrogen) atoms. The van der Waals surface area contributed by atoms with E-state index in [2.05, 4.69) is 39.6 Å². The first-order valence-corrected chi connectivity index (χ1v) is 7.94. The summed E-state index contributed by atoms with van der Waals surface area (Å²) in [7, 11) is 3.92. The molecular weight excluding hydrogens is 268 g/mol. The molecule has 0 radical (unpaired) electrons. The fraction of sp³-hybridized carbons (Fsp3) is 0.938. The minimum atomic E-state index is 0.182. The molecular formula is C16H34N2O3. The number of amides is 1. The van der Waals surface area contributed by atoms with E-state index in [1.54, 1.807) is 4.90 Å². The monoisotopic (exact) mass is 302 g/mol. The Labute approximate surface area is 130 Å². The molecule has 1 amide bonds. The van der Waals surface area contributed by atoms with Crippen molar-refractivity contribution >= 4 is 5.91 Å². The van der Waals surface area contributed by atoms with Crippen LogP contribution in [0.15, 0.2) is 0 Å². The lowest BCUT2D eigenvalue weighted by Gasteiger charge is -2.20. The first-order valence-electron chi connectivity index (χ1n) is 7.94. The fourth-order valence-corrected chi connectivity index (χ4v) is 1.62. The highest BCUT2D eigenvalue weighted by atomic mass is 16.5. The number of carbonyl (C=O) groups excluding carboxylic acids is 1. The van der Waals surface area contributed by atoms with Crippen LogP contribution < -0.4 is 0 Å². The number of rotatable bonds is 12. The van der Waals surface area contributed by atoms with Gasteiger partial charge in [-0.15, -0.1) is 0 Å². The summed E-state index contributed by atoms with van der Waals surface area (Å²) in [5, 5.41) is 0. The van der Waals surface area contributed by atoms with Gasteiger partial charge < -0.3 is 19.3 Å². The molecule has 0 aliphatic carbocycles. The Kier molecular flexibility index (Phi) is 11.6. The van der Waals surface area contributed by atoms with Crippen LogP contribution in [0.25, 0.3) is 0 Å². The second-order valence-corrected chi connectivity index (χ2v) is 6.21. The highest BCUT2D eigenvalue weighted by Crippen LogP contribution is 2.02. The maximum atomic E-state index is 11.7. The largest absolute Gasteiger partial charge is 0.378 e. The third kappa shape index (κ3) is 11.7. The van der Waals surface area contributed by atoms with Crippen LogP contribution in [0.2, 0.25) is 0 Å². The fourth-order valence-electron chi connectivity index (χ4n) is 1.62. The maximum Gasteiger partial charge on any atom is 0.222 e. The molecule has 0 rings (SSSR count). The SMILES string of the molecule is CC(C)CC(=O)N(C)CCOCCOCCN(C)C(C)C. The molecule has 0 aromatic rings. The summed E-state index contributed by atoms with van der Waals surface area (Å²) in [5.74, 6) is 0.583. The van der Waals surface area contributed by atoms with Crippen LogP contribution in [-0.4, -0.2) is 75.4 Å². The van der Waals surface area contributed by atoms with E-state index in [0.29, 0.717) is 44.7 Å². The van der Waals surface area contributed by atoms with Gasteiger partial charge in [-0.3, -0.25) is 4.79 Å². The second-order valence-electron chi connectivity index (χ2n) is 6.21. The predicted octanol–water partition coefficient (Wildman–Crippen LogP) is 1.86. The van der Waals surface area contributed by atoms with Gasteiger partial charge in [-0.1, -0.05) is 13.8 Å². The molecule has 0 aliphatic heterocycles. The lowest BCUT2D eigenvalue weighted by atomic mass is 10.1. The Balaban J connectivity index is 3.42. The Bertz CT molecular complexity index is 270. The van der Waals surface area contributed by atoms with Crippen molar-refractivity contribution in [3.63, 3.8) is 0 Å². The second kappa shape index (κ2) is 12.0. The number of nitrogens with zero attached hydrogens (tertiary/aromatic N) is 2. The zero-order chi connectivity index (χ0) is 16.3. The summed E-state index contributed by atoms with van der Waals surface area (Å²) >= 11 is 0. The molecule has 0 aliphatic rings. The summed E-state index contributed by atoms with van der Waals surface area (Å²) in [6.07, 6.45) is 0.600. The third-order valence-electron chi connectivity index (χ3n) is 3.42. The molecule has 0 bridgehead atoms. The van der Waals surface area contributed by atoms with Crippen molar-refractivity contribution in [3.05, 3.63) is 0 Å². The molecule has 126 valence electrons. The van der Waals surface area contributed by atoms with Crippen LogP contribution in [0.3, 0.4) is 0 Å².